The smallest absolute Gasteiger partial charge is 0.276 e. The molecule has 6 heteroatoms. The monoisotopic (exact) mass is 458 g/mol. The highest BCUT2D eigenvalue weighted by atomic mass is 32.2. The first kappa shape index (κ1) is 25.9. The summed E-state index contributed by atoms with van der Waals surface area (Å²) >= 11 is 0. The van der Waals surface area contributed by atoms with Crippen molar-refractivity contribution in [2.45, 2.75) is 89.9 Å². The summed E-state index contributed by atoms with van der Waals surface area (Å²) in [5.41, 5.74) is 3.11. The lowest BCUT2D eigenvalue weighted by atomic mass is 10.00. The van der Waals surface area contributed by atoms with Crippen molar-refractivity contribution in [3.63, 3.8) is 0 Å². The van der Waals surface area contributed by atoms with E-state index in [1.807, 2.05) is 26.0 Å². The van der Waals surface area contributed by atoms with Gasteiger partial charge < -0.3 is 5.11 Å². The van der Waals surface area contributed by atoms with Crippen LogP contribution in [-0.2, 0) is 10.0 Å². The van der Waals surface area contributed by atoms with Gasteiger partial charge in [-0.1, -0.05) is 87.6 Å². The van der Waals surface area contributed by atoms with Crippen LogP contribution in [0.3, 0.4) is 0 Å². The number of phenolic OH excluding ortho intramolecular Hbond substituents is 1. The van der Waals surface area contributed by atoms with E-state index in [0.29, 0.717) is 17.7 Å². The van der Waals surface area contributed by atoms with Gasteiger partial charge in [-0.25, -0.2) is 0 Å². The second-order valence-electron chi connectivity index (χ2n) is 8.57. The van der Waals surface area contributed by atoms with E-state index in [9.17, 15) is 13.5 Å². The first-order chi connectivity index (χ1) is 15.3. The van der Waals surface area contributed by atoms with Gasteiger partial charge >= 0.3 is 0 Å². The Morgan fingerprint density at radius 1 is 0.844 bits per heavy atom. The van der Waals surface area contributed by atoms with Crippen molar-refractivity contribution in [1.29, 1.82) is 0 Å². The second-order valence-corrected chi connectivity index (χ2v) is 10.2. The molecule has 2 aromatic rings. The third-order valence-corrected chi connectivity index (χ3v) is 6.84. The number of aryl methyl sites for hydroxylation is 2. The molecule has 0 unspecified atom stereocenters. The number of nitrogens with zero attached hydrogens (tertiary/aromatic N) is 1. The van der Waals surface area contributed by atoms with E-state index in [4.69, 9.17) is 0 Å². The number of hydrogen-bond donors (Lipinski definition) is 2. The van der Waals surface area contributed by atoms with Crippen molar-refractivity contribution in [1.82, 2.24) is 4.83 Å². The Morgan fingerprint density at radius 2 is 1.41 bits per heavy atom. The van der Waals surface area contributed by atoms with E-state index in [2.05, 4.69) is 16.9 Å². The third kappa shape index (κ3) is 8.65. The molecule has 32 heavy (non-hydrogen) atoms. The molecule has 0 spiro atoms. The fourth-order valence-electron chi connectivity index (χ4n) is 3.62. The maximum Gasteiger partial charge on any atom is 0.276 e. The Hall–Kier alpha value is -2.34. The normalized spacial score (nSPS) is 12.2. The minimum Gasteiger partial charge on any atom is -0.507 e. The summed E-state index contributed by atoms with van der Waals surface area (Å²) < 4.78 is 25.3. The molecule has 0 amide bonds. The molecule has 176 valence electrons. The molecule has 0 bridgehead atoms. The maximum atomic E-state index is 12.7. The highest BCUT2D eigenvalue weighted by molar-refractivity contribution is 7.89. The average molecular weight is 459 g/mol. The summed E-state index contributed by atoms with van der Waals surface area (Å²) in [5, 5.41) is 14.6. The van der Waals surface area contributed by atoms with Crippen molar-refractivity contribution in [3.05, 3.63) is 59.2 Å². The van der Waals surface area contributed by atoms with Crippen LogP contribution in [0.1, 0.15) is 87.8 Å². The summed E-state index contributed by atoms with van der Waals surface area (Å²) in [6.07, 6.45) is 11.4. The molecule has 0 saturated carbocycles. The summed E-state index contributed by atoms with van der Waals surface area (Å²) in [5.74, 6) is 0.111. The highest BCUT2D eigenvalue weighted by Gasteiger charge is 2.15. The average Bonchev–Trinajstić information content (AvgIpc) is 2.77. The van der Waals surface area contributed by atoms with Crippen LogP contribution in [-0.4, -0.2) is 19.2 Å². The van der Waals surface area contributed by atoms with E-state index >= 15 is 0 Å². The van der Waals surface area contributed by atoms with Gasteiger partial charge in [0.15, 0.2) is 0 Å². The molecule has 0 aliphatic carbocycles. The molecule has 0 heterocycles. The Bertz CT molecular complexity index is 967. The van der Waals surface area contributed by atoms with Crippen molar-refractivity contribution in [2.75, 3.05) is 0 Å². The van der Waals surface area contributed by atoms with Gasteiger partial charge in [0, 0.05) is 5.56 Å². The lowest BCUT2D eigenvalue weighted by molar-refractivity contribution is 0.473. The van der Waals surface area contributed by atoms with E-state index in [-0.39, 0.29) is 10.6 Å². The summed E-state index contributed by atoms with van der Waals surface area (Å²) in [6, 6.07) is 12.0. The van der Waals surface area contributed by atoms with Crippen molar-refractivity contribution < 1.29 is 13.5 Å². The number of hydrogen-bond acceptors (Lipinski definition) is 4. The van der Waals surface area contributed by atoms with Gasteiger partial charge in [0.2, 0.25) is 0 Å². The Morgan fingerprint density at radius 3 is 2.03 bits per heavy atom. The van der Waals surface area contributed by atoms with Crippen molar-refractivity contribution in [3.8, 4) is 5.75 Å². The fraction of sp³-hybridized carbons (Fsp3) is 0.500. The molecule has 2 N–H and O–H groups in total. The summed E-state index contributed by atoms with van der Waals surface area (Å²) in [7, 11) is -3.77. The van der Waals surface area contributed by atoms with E-state index in [1.165, 1.54) is 38.5 Å². The predicted molar refractivity (Wildman–Crippen MR) is 133 cm³/mol. The number of aromatic hydroxyl groups is 1. The van der Waals surface area contributed by atoms with Crippen molar-refractivity contribution in [2.24, 2.45) is 5.10 Å². The first-order valence-electron chi connectivity index (χ1n) is 11.8. The Labute approximate surface area is 194 Å². The Kier molecular flexibility index (Phi) is 10.7. The molecule has 0 saturated heterocycles. The number of phenols is 1. The number of hydrazone groups is 1. The second kappa shape index (κ2) is 13.3. The third-order valence-electron chi connectivity index (χ3n) is 5.61. The molecular formula is C26H38N2O3S. The highest BCUT2D eigenvalue weighted by Crippen LogP contribution is 2.22. The molecule has 0 radical (unpaired) electrons. The molecule has 0 atom stereocenters. The first-order valence-corrected chi connectivity index (χ1v) is 13.3. The molecule has 5 nitrogen and oxygen atoms in total. The summed E-state index contributed by atoms with van der Waals surface area (Å²) in [6.45, 7) is 6.08. The lowest BCUT2D eigenvalue weighted by Gasteiger charge is -2.11. The molecule has 2 aromatic carbocycles. The molecule has 0 aliphatic rings. The van der Waals surface area contributed by atoms with Gasteiger partial charge in [-0.15, -0.1) is 0 Å². The minimum absolute atomic E-state index is 0.111. The van der Waals surface area contributed by atoms with E-state index < -0.39 is 10.0 Å². The topological polar surface area (TPSA) is 78.8 Å². The molecule has 0 aliphatic heterocycles. The molecule has 2 rings (SSSR count). The van der Waals surface area contributed by atoms with Gasteiger partial charge in [-0.05, 0) is 51.0 Å². The van der Waals surface area contributed by atoms with Crippen LogP contribution >= 0.6 is 0 Å². The number of rotatable bonds is 14. The largest absolute Gasteiger partial charge is 0.507 e. The van der Waals surface area contributed by atoms with Crippen molar-refractivity contribution >= 4 is 15.7 Å². The zero-order valence-corrected chi connectivity index (χ0v) is 20.5. The van der Waals surface area contributed by atoms with Gasteiger partial charge in [0.25, 0.3) is 10.0 Å². The fourth-order valence-corrected chi connectivity index (χ4v) is 4.45. The standard InChI is InChI=1S/C26H38N2O3S/c1-4-5-6-7-8-9-10-11-12-13-25(24-20-22(3)16-19-26(24)29)27-28-32(30,31)23-17-14-21(2)15-18-23/h14-20,28-29H,4-13H2,1-3H3/b27-25+. The number of nitrogens with one attached hydrogen (secondary N) is 1. The predicted octanol–water partition coefficient (Wildman–Crippen LogP) is 6.61. The van der Waals surface area contributed by atoms with Gasteiger partial charge in [-0.3, -0.25) is 0 Å². The SMILES string of the molecule is CCCCCCCCCCC/C(=N\NS(=O)(=O)c1ccc(C)cc1)c1cc(C)ccc1O. The van der Waals surface area contributed by atoms with Crippen LogP contribution in [0.4, 0.5) is 0 Å². The minimum atomic E-state index is -3.77. The van der Waals surface area contributed by atoms with E-state index in [0.717, 1.165) is 30.4 Å². The van der Waals surface area contributed by atoms with Crippen LogP contribution in [0.25, 0.3) is 0 Å². The van der Waals surface area contributed by atoms with Crippen LogP contribution in [0.2, 0.25) is 0 Å². The quantitative estimate of drug-likeness (QED) is 0.190. The van der Waals surface area contributed by atoms with Crippen LogP contribution in [0.15, 0.2) is 52.5 Å². The van der Waals surface area contributed by atoms with Gasteiger partial charge in [0.1, 0.15) is 5.75 Å². The number of unbranched alkanes of at least 4 members (excludes halogenated alkanes) is 8. The van der Waals surface area contributed by atoms with Crippen LogP contribution < -0.4 is 4.83 Å². The number of sulfonamides is 1. The molecule has 0 aromatic heterocycles. The Balaban J connectivity index is 2.03. The maximum absolute atomic E-state index is 12.7. The molecular weight excluding hydrogens is 420 g/mol. The summed E-state index contributed by atoms with van der Waals surface area (Å²) in [4.78, 5) is 2.54. The van der Waals surface area contributed by atoms with Gasteiger partial charge in [0.05, 0.1) is 10.6 Å². The molecule has 0 fully saturated rings. The lowest BCUT2D eigenvalue weighted by Crippen LogP contribution is -2.21. The van der Waals surface area contributed by atoms with Crippen LogP contribution in [0, 0.1) is 13.8 Å². The number of benzene rings is 2. The van der Waals surface area contributed by atoms with E-state index in [1.54, 1.807) is 30.3 Å². The zero-order chi connectivity index (χ0) is 23.4. The van der Waals surface area contributed by atoms with Gasteiger partial charge in [-0.2, -0.15) is 18.4 Å². The zero-order valence-electron chi connectivity index (χ0n) is 19.7. The van der Waals surface area contributed by atoms with Crippen LogP contribution in [0.5, 0.6) is 5.75 Å².